The van der Waals surface area contributed by atoms with E-state index in [0.29, 0.717) is 19.8 Å². The van der Waals surface area contributed by atoms with E-state index in [1.54, 1.807) is 0 Å². The quantitative estimate of drug-likeness (QED) is 0.833. The number of carbonyl (C=O) groups excluding carboxylic acids is 1. The highest BCUT2D eigenvalue weighted by molar-refractivity contribution is 5.81. The van der Waals surface area contributed by atoms with Gasteiger partial charge in [0.15, 0.2) is 11.5 Å². The van der Waals surface area contributed by atoms with Gasteiger partial charge in [0.2, 0.25) is 5.91 Å². The molecule has 2 rings (SSSR count). The van der Waals surface area contributed by atoms with E-state index in [1.807, 2.05) is 32.0 Å². The van der Waals surface area contributed by atoms with Crippen LogP contribution in [0.25, 0.3) is 0 Å². The number of carbonyl (C=O) groups is 1. The lowest BCUT2D eigenvalue weighted by Gasteiger charge is -2.19. The van der Waals surface area contributed by atoms with Crippen molar-refractivity contribution in [2.24, 2.45) is 11.7 Å². The van der Waals surface area contributed by atoms with Crippen molar-refractivity contribution in [3.63, 3.8) is 0 Å². The zero-order valence-electron chi connectivity index (χ0n) is 12.7. The van der Waals surface area contributed by atoms with Crippen molar-refractivity contribution in [1.29, 1.82) is 0 Å². The van der Waals surface area contributed by atoms with E-state index < -0.39 is 6.04 Å². The topological polar surface area (TPSA) is 73.6 Å². The Kier molecular flexibility index (Phi) is 5.44. The van der Waals surface area contributed by atoms with E-state index >= 15 is 0 Å². The molecule has 2 atom stereocenters. The second-order valence-corrected chi connectivity index (χ2v) is 5.43. The van der Waals surface area contributed by atoms with Crippen molar-refractivity contribution in [3.8, 4) is 11.5 Å². The van der Waals surface area contributed by atoms with Crippen LogP contribution in [-0.4, -0.2) is 31.7 Å². The largest absolute Gasteiger partial charge is 0.486 e. The first-order valence-electron chi connectivity index (χ1n) is 7.53. The summed E-state index contributed by atoms with van der Waals surface area (Å²) in [5.41, 5.74) is 7.00. The maximum atomic E-state index is 11.9. The fraction of sp³-hybridized carbons (Fsp3) is 0.562. The summed E-state index contributed by atoms with van der Waals surface area (Å²) in [5, 5.41) is 2.89. The van der Waals surface area contributed by atoms with Crippen molar-refractivity contribution in [1.82, 2.24) is 5.32 Å². The molecule has 0 aliphatic carbocycles. The molecular weight excluding hydrogens is 268 g/mol. The number of amides is 1. The van der Waals surface area contributed by atoms with Gasteiger partial charge in [-0.15, -0.1) is 0 Å². The number of nitrogens with one attached hydrogen (secondary N) is 1. The Balaban J connectivity index is 1.82. The van der Waals surface area contributed by atoms with Gasteiger partial charge in [-0.3, -0.25) is 4.79 Å². The number of hydrogen-bond acceptors (Lipinski definition) is 4. The van der Waals surface area contributed by atoms with Gasteiger partial charge in [-0.1, -0.05) is 26.3 Å². The highest BCUT2D eigenvalue weighted by Crippen LogP contribution is 2.30. The minimum absolute atomic E-state index is 0.0816. The molecule has 0 radical (unpaired) electrons. The molecule has 0 saturated carbocycles. The minimum Gasteiger partial charge on any atom is -0.486 e. The lowest BCUT2D eigenvalue weighted by atomic mass is 9.99. The van der Waals surface area contributed by atoms with Gasteiger partial charge in [0.05, 0.1) is 6.04 Å². The summed E-state index contributed by atoms with van der Waals surface area (Å²) in [7, 11) is 0. The van der Waals surface area contributed by atoms with Crippen molar-refractivity contribution in [3.05, 3.63) is 23.8 Å². The third-order valence-electron chi connectivity index (χ3n) is 3.88. The van der Waals surface area contributed by atoms with Gasteiger partial charge in [-0.05, 0) is 30.0 Å². The van der Waals surface area contributed by atoms with Gasteiger partial charge in [0.25, 0.3) is 0 Å². The normalized spacial score (nSPS) is 16.1. The van der Waals surface area contributed by atoms with Crippen molar-refractivity contribution >= 4 is 5.91 Å². The van der Waals surface area contributed by atoms with E-state index in [0.717, 1.165) is 29.9 Å². The van der Waals surface area contributed by atoms with Gasteiger partial charge in [-0.25, -0.2) is 0 Å². The van der Waals surface area contributed by atoms with Gasteiger partial charge >= 0.3 is 0 Å². The summed E-state index contributed by atoms with van der Waals surface area (Å²) in [6.45, 7) is 5.77. The van der Waals surface area contributed by atoms with E-state index in [4.69, 9.17) is 15.2 Å². The van der Waals surface area contributed by atoms with Crippen LogP contribution >= 0.6 is 0 Å². The fourth-order valence-electron chi connectivity index (χ4n) is 2.20. The molecule has 1 heterocycles. The molecule has 0 bridgehead atoms. The molecule has 5 nitrogen and oxygen atoms in total. The number of fused-ring (bicyclic) bond motifs is 1. The third kappa shape index (κ3) is 4.11. The second kappa shape index (κ2) is 7.31. The molecular formula is C16H24N2O3. The van der Waals surface area contributed by atoms with Crippen LogP contribution in [0, 0.1) is 5.92 Å². The molecule has 2 unspecified atom stereocenters. The smallest absolute Gasteiger partial charge is 0.237 e. The Morgan fingerprint density at radius 3 is 2.76 bits per heavy atom. The molecule has 21 heavy (non-hydrogen) atoms. The maximum absolute atomic E-state index is 11.9. The number of ether oxygens (including phenoxy) is 2. The maximum Gasteiger partial charge on any atom is 0.237 e. The van der Waals surface area contributed by atoms with E-state index in [2.05, 4.69) is 5.32 Å². The van der Waals surface area contributed by atoms with Crippen LogP contribution in [0.3, 0.4) is 0 Å². The van der Waals surface area contributed by atoms with Crippen LogP contribution in [0.2, 0.25) is 0 Å². The fourth-order valence-corrected chi connectivity index (χ4v) is 2.20. The number of rotatable bonds is 6. The Hall–Kier alpha value is -1.75. The second-order valence-electron chi connectivity index (χ2n) is 5.43. The van der Waals surface area contributed by atoms with E-state index in [1.165, 1.54) is 0 Å². The van der Waals surface area contributed by atoms with Crippen molar-refractivity contribution in [2.75, 3.05) is 19.8 Å². The van der Waals surface area contributed by atoms with Crippen LogP contribution in [0.4, 0.5) is 0 Å². The van der Waals surface area contributed by atoms with Gasteiger partial charge in [0.1, 0.15) is 13.2 Å². The zero-order valence-corrected chi connectivity index (χ0v) is 12.7. The molecule has 0 spiro atoms. The summed E-state index contributed by atoms with van der Waals surface area (Å²) in [5.74, 6) is 1.68. The monoisotopic (exact) mass is 292 g/mol. The van der Waals surface area contributed by atoms with Crippen LogP contribution in [-0.2, 0) is 11.2 Å². The summed E-state index contributed by atoms with van der Waals surface area (Å²) < 4.78 is 11.0. The molecule has 1 aliphatic rings. The van der Waals surface area contributed by atoms with Crippen LogP contribution in [0.15, 0.2) is 18.2 Å². The van der Waals surface area contributed by atoms with Gasteiger partial charge < -0.3 is 20.5 Å². The van der Waals surface area contributed by atoms with Crippen LogP contribution < -0.4 is 20.5 Å². The molecule has 0 saturated heterocycles. The lowest BCUT2D eigenvalue weighted by molar-refractivity contribution is -0.123. The standard InChI is InChI=1S/C16H24N2O3/c1-3-11(2)15(17)16(19)18-7-6-12-4-5-13-14(10-12)21-9-8-20-13/h4-5,10-11,15H,3,6-9,17H2,1-2H3,(H,18,19). The summed E-state index contributed by atoms with van der Waals surface area (Å²) in [6, 6.07) is 5.44. The SMILES string of the molecule is CCC(C)C(N)C(=O)NCCc1ccc2c(c1)OCCO2. The molecule has 1 aromatic carbocycles. The highest BCUT2D eigenvalue weighted by atomic mass is 16.6. The molecule has 3 N–H and O–H groups in total. The number of hydrogen-bond donors (Lipinski definition) is 2. The molecule has 5 heteroatoms. The Morgan fingerprint density at radius 1 is 1.33 bits per heavy atom. The molecule has 1 aromatic rings. The highest BCUT2D eigenvalue weighted by Gasteiger charge is 2.18. The molecule has 0 aromatic heterocycles. The number of benzene rings is 1. The van der Waals surface area contributed by atoms with Gasteiger partial charge in [-0.2, -0.15) is 0 Å². The Bertz CT molecular complexity index is 490. The number of nitrogens with two attached hydrogens (primary N) is 1. The summed E-state index contributed by atoms with van der Waals surface area (Å²) >= 11 is 0. The predicted molar refractivity (Wildman–Crippen MR) is 81.6 cm³/mol. The van der Waals surface area contributed by atoms with Crippen LogP contribution in [0.5, 0.6) is 11.5 Å². The van der Waals surface area contributed by atoms with E-state index in [-0.39, 0.29) is 11.8 Å². The Labute approximate surface area is 125 Å². The summed E-state index contributed by atoms with van der Waals surface area (Å²) in [6.07, 6.45) is 1.65. The molecule has 0 fully saturated rings. The summed E-state index contributed by atoms with van der Waals surface area (Å²) in [4.78, 5) is 11.9. The Morgan fingerprint density at radius 2 is 2.05 bits per heavy atom. The molecule has 116 valence electrons. The first-order valence-corrected chi connectivity index (χ1v) is 7.53. The predicted octanol–water partition coefficient (Wildman–Crippen LogP) is 1.49. The van der Waals surface area contributed by atoms with Crippen molar-refractivity contribution < 1.29 is 14.3 Å². The van der Waals surface area contributed by atoms with E-state index in [9.17, 15) is 4.79 Å². The average molecular weight is 292 g/mol. The van der Waals surface area contributed by atoms with Gasteiger partial charge in [0, 0.05) is 6.54 Å². The first kappa shape index (κ1) is 15.6. The van der Waals surface area contributed by atoms with Crippen molar-refractivity contribution in [2.45, 2.75) is 32.7 Å². The average Bonchev–Trinajstić information content (AvgIpc) is 2.53. The lowest BCUT2D eigenvalue weighted by Crippen LogP contribution is -2.45. The molecule has 1 amide bonds. The first-order chi connectivity index (χ1) is 10.1. The zero-order chi connectivity index (χ0) is 15.2. The van der Waals surface area contributed by atoms with Crippen LogP contribution in [0.1, 0.15) is 25.8 Å². The minimum atomic E-state index is -0.435. The molecule has 1 aliphatic heterocycles. The third-order valence-corrected chi connectivity index (χ3v) is 3.88.